The quantitative estimate of drug-likeness (QED) is 0.720. The van der Waals surface area contributed by atoms with E-state index in [1.165, 1.54) is 0 Å². The number of benzene rings is 1. The van der Waals surface area contributed by atoms with Crippen molar-refractivity contribution in [1.82, 2.24) is 14.7 Å². The fraction of sp³-hybridized carbons (Fsp3) is 0.267. The minimum atomic E-state index is 0.468. The van der Waals surface area contributed by atoms with Gasteiger partial charge in [-0.05, 0) is 28.5 Å². The lowest BCUT2D eigenvalue weighted by atomic mass is 10.2. The minimum absolute atomic E-state index is 0.468. The number of imidazole rings is 1. The molecule has 0 aliphatic heterocycles. The monoisotopic (exact) mass is 365 g/mol. The molecule has 6 heteroatoms. The molecule has 0 bridgehead atoms. The van der Waals surface area contributed by atoms with E-state index in [4.69, 9.17) is 4.74 Å². The second kappa shape index (κ2) is 6.60. The third-order valence-electron chi connectivity index (χ3n) is 3.12. The Hall–Kier alpha value is -1.37. The molecule has 21 heavy (non-hydrogen) atoms. The standard InChI is InChI=1S/C15H16BrN3OS/c1-2-17-8-11-4-3-5-13(16)14(11)20-10-12-9-19-6-7-21-15(19)18-12/h3-7,9,17H,2,8,10H2,1H3. The first kappa shape index (κ1) is 14.6. The Labute approximate surface area is 135 Å². The number of nitrogens with zero attached hydrogens (tertiary/aromatic N) is 2. The number of ether oxygens (including phenoxy) is 1. The third kappa shape index (κ3) is 3.28. The summed E-state index contributed by atoms with van der Waals surface area (Å²) in [6, 6.07) is 6.10. The van der Waals surface area contributed by atoms with Gasteiger partial charge in [0.25, 0.3) is 0 Å². The van der Waals surface area contributed by atoms with Gasteiger partial charge >= 0.3 is 0 Å². The molecule has 0 radical (unpaired) electrons. The van der Waals surface area contributed by atoms with Gasteiger partial charge in [0.1, 0.15) is 12.4 Å². The van der Waals surface area contributed by atoms with E-state index in [0.717, 1.165) is 39.5 Å². The Morgan fingerprint density at radius 2 is 2.33 bits per heavy atom. The van der Waals surface area contributed by atoms with Gasteiger partial charge in [-0.2, -0.15) is 0 Å². The van der Waals surface area contributed by atoms with Crippen LogP contribution in [0.5, 0.6) is 5.75 Å². The molecule has 0 atom stereocenters. The lowest BCUT2D eigenvalue weighted by Crippen LogP contribution is -2.13. The molecule has 1 aromatic carbocycles. The summed E-state index contributed by atoms with van der Waals surface area (Å²) in [4.78, 5) is 5.53. The lowest BCUT2D eigenvalue weighted by Gasteiger charge is -2.12. The molecule has 3 rings (SSSR count). The molecule has 0 spiro atoms. The van der Waals surface area contributed by atoms with Gasteiger partial charge < -0.3 is 10.1 Å². The van der Waals surface area contributed by atoms with Crippen molar-refractivity contribution in [3.8, 4) is 5.75 Å². The third-order valence-corrected chi connectivity index (χ3v) is 4.52. The summed E-state index contributed by atoms with van der Waals surface area (Å²) in [5, 5.41) is 5.35. The van der Waals surface area contributed by atoms with Crippen molar-refractivity contribution >= 4 is 32.2 Å². The van der Waals surface area contributed by atoms with Crippen LogP contribution in [0.2, 0.25) is 0 Å². The fourth-order valence-corrected chi connectivity index (χ4v) is 3.35. The second-order valence-electron chi connectivity index (χ2n) is 4.62. The SMILES string of the molecule is CCNCc1cccc(Br)c1OCc1cn2ccsc2n1. The number of nitrogens with one attached hydrogen (secondary N) is 1. The van der Waals surface area contributed by atoms with Crippen LogP contribution >= 0.6 is 27.3 Å². The molecule has 0 saturated carbocycles. The van der Waals surface area contributed by atoms with Crippen LogP contribution in [-0.2, 0) is 13.2 Å². The average Bonchev–Trinajstić information content (AvgIpc) is 3.05. The summed E-state index contributed by atoms with van der Waals surface area (Å²) in [6.45, 7) is 4.29. The molecular weight excluding hydrogens is 350 g/mol. The molecule has 2 aromatic heterocycles. The first-order chi connectivity index (χ1) is 10.3. The molecule has 2 heterocycles. The smallest absolute Gasteiger partial charge is 0.193 e. The average molecular weight is 366 g/mol. The van der Waals surface area contributed by atoms with Crippen molar-refractivity contribution in [2.45, 2.75) is 20.1 Å². The Bertz CT molecular complexity index is 709. The summed E-state index contributed by atoms with van der Waals surface area (Å²) in [6.07, 6.45) is 4.01. The second-order valence-corrected chi connectivity index (χ2v) is 6.35. The number of fused-ring (bicyclic) bond motifs is 1. The summed E-state index contributed by atoms with van der Waals surface area (Å²) in [7, 11) is 0. The number of aromatic nitrogens is 2. The first-order valence-corrected chi connectivity index (χ1v) is 8.47. The zero-order valence-electron chi connectivity index (χ0n) is 11.7. The molecular formula is C15H16BrN3OS. The molecule has 0 saturated heterocycles. The Balaban J connectivity index is 1.75. The van der Waals surface area contributed by atoms with Crippen LogP contribution in [0, 0.1) is 0 Å². The summed E-state index contributed by atoms with van der Waals surface area (Å²) in [5.74, 6) is 0.884. The van der Waals surface area contributed by atoms with Gasteiger partial charge in [0.05, 0.1) is 10.2 Å². The van der Waals surface area contributed by atoms with Crippen molar-refractivity contribution in [3.05, 3.63) is 51.7 Å². The minimum Gasteiger partial charge on any atom is -0.486 e. The number of hydrogen-bond acceptors (Lipinski definition) is 4. The number of hydrogen-bond donors (Lipinski definition) is 1. The number of para-hydroxylation sites is 1. The van der Waals surface area contributed by atoms with Gasteiger partial charge in [0, 0.05) is 29.9 Å². The van der Waals surface area contributed by atoms with E-state index in [-0.39, 0.29) is 0 Å². The molecule has 0 fully saturated rings. The molecule has 4 nitrogen and oxygen atoms in total. The van der Waals surface area contributed by atoms with Gasteiger partial charge in [-0.1, -0.05) is 19.1 Å². The topological polar surface area (TPSA) is 38.6 Å². The largest absolute Gasteiger partial charge is 0.486 e. The molecule has 3 aromatic rings. The van der Waals surface area contributed by atoms with Gasteiger partial charge in [-0.25, -0.2) is 4.98 Å². The van der Waals surface area contributed by atoms with E-state index in [1.807, 2.05) is 34.3 Å². The summed E-state index contributed by atoms with van der Waals surface area (Å²) >= 11 is 5.19. The van der Waals surface area contributed by atoms with Crippen LogP contribution in [0.3, 0.4) is 0 Å². The first-order valence-electron chi connectivity index (χ1n) is 6.80. The highest BCUT2D eigenvalue weighted by atomic mass is 79.9. The maximum Gasteiger partial charge on any atom is 0.193 e. The normalized spacial score (nSPS) is 11.1. The Morgan fingerprint density at radius 1 is 1.43 bits per heavy atom. The maximum absolute atomic E-state index is 5.99. The lowest BCUT2D eigenvalue weighted by molar-refractivity contribution is 0.296. The van der Waals surface area contributed by atoms with E-state index >= 15 is 0 Å². The molecule has 0 aliphatic rings. The van der Waals surface area contributed by atoms with Crippen LogP contribution in [0.4, 0.5) is 0 Å². The van der Waals surface area contributed by atoms with Crippen molar-refractivity contribution in [3.63, 3.8) is 0 Å². The predicted octanol–water partition coefficient (Wildman–Crippen LogP) is 3.85. The van der Waals surface area contributed by atoms with E-state index in [1.54, 1.807) is 11.3 Å². The van der Waals surface area contributed by atoms with Gasteiger partial charge in [-0.15, -0.1) is 11.3 Å². The number of halogens is 1. The van der Waals surface area contributed by atoms with E-state index in [9.17, 15) is 0 Å². The highest BCUT2D eigenvalue weighted by Gasteiger charge is 2.10. The van der Waals surface area contributed by atoms with Crippen molar-refractivity contribution in [2.75, 3.05) is 6.54 Å². The van der Waals surface area contributed by atoms with Gasteiger partial charge in [-0.3, -0.25) is 4.40 Å². The van der Waals surface area contributed by atoms with Crippen molar-refractivity contribution in [2.24, 2.45) is 0 Å². The highest BCUT2D eigenvalue weighted by Crippen LogP contribution is 2.30. The molecule has 110 valence electrons. The van der Waals surface area contributed by atoms with E-state index < -0.39 is 0 Å². The fourth-order valence-electron chi connectivity index (χ4n) is 2.11. The van der Waals surface area contributed by atoms with Crippen molar-refractivity contribution < 1.29 is 4.74 Å². The van der Waals surface area contributed by atoms with Crippen LogP contribution in [0.25, 0.3) is 4.96 Å². The molecule has 0 unspecified atom stereocenters. The number of thiazole rings is 1. The van der Waals surface area contributed by atoms with Gasteiger partial charge in [0.15, 0.2) is 4.96 Å². The van der Waals surface area contributed by atoms with Crippen LogP contribution in [0.1, 0.15) is 18.2 Å². The van der Waals surface area contributed by atoms with Crippen LogP contribution in [-0.4, -0.2) is 15.9 Å². The van der Waals surface area contributed by atoms with Crippen LogP contribution < -0.4 is 10.1 Å². The molecule has 0 aliphatic carbocycles. The Kier molecular flexibility index (Phi) is 4.57. The zero-order chi connectivity index (χ0) is 14.7. The summed E-state index contributed by atoms with van der Waals surface area (Å²) in [5.41, 5.74) is 2.08. The van der Waals surface area contributed by atoms with Crippen LogP contribution in [0.15, 0.2) is 40.4 Å². The molecule has 0 amide bonds. The zero-order valence-corrected chi connectivity index (χ0v) is 14.1. The predicted molar refractivity (Wildman–Crippen MR) is 88.9 cm³/mol. The molecule has 1 N–H and O–H groups in total. The number of rotatable bonds is 6. The van der Waals surface area contributed by atoms with Gasteiger partial charge in [0.2, 0.25) is 0 Å². The maximum atomic E-state index is 5.99. The Morgan fingerprint density at radius 3 is 3.14 bits per heavy atom. The van der Waals surface area contributed by atoms with Crippen molar-refractivity contribution in [1.29, 1.82) is 0 Å². The highest BCUT2D eigenvalue weighted by molar-refractivity contribution is 9.10. The van der Waals surface area contributed by atoms with E-state index in [2.05, 4.69) is 39.2 Å². The summed E-state index contributed by atoms with van der Waals surface area (Å²) < 4.78 is 8.98. The van der Waals surface area contributed by atoms with E-state index in [0.29, 0.717) is 6.61 Å².